The lowest BCUT2D eigenvalue weighted by atomic mass is 10.2. The number of ether oxygens (including phenoxy) is 1. The Morgan fingerprint density at radius 1 is 1.20 bits per heavy atom. The van der Waals surface area contributed by atoms with Gasteiger partial charge in [-0.25, -0.2) is 8.42 Å². The second-order valence-electron chi connectivity index (χ2n) is 6.07. The van der Waals surface area contributed by atoms with E-state index in [2.05, 4.69) is 5.32 Å². The standard InChI is InChI=1S/C21H22ClN3O4S/c1-3-25(4-2)30(27,28)20-15-17(8-11-19(20)22)24-21(26)12-7-16-5-9-18(10-6-16)29-14-13-23/h5-12,15H,3-4,14H2,1-2H3,(H,24,26)/b12-7+. The minimum Gasteiger partial charge on any atom is -0.479 e. The van der Waals surface area contributed by atoms with E-state index >= 15 is 0 Å². The van der Waals surface area contributed by atoms with Crippen molar-refractivity contribution < 1.29 is 17.9 Å². The molecular weight excluding hydrogens is 426 g/mol. The minimum atomic E-state index is -3.76. The van der Waals surface area contributed by atoms with Gasteiger partial charge in [-0.1, -0.05) is 37.6 Å². The summed E-state index contributed by atoms with van der Waals surface area (Å²) in [6.45, 7) is 4.08. The van der Waals surface area contributed by atoms with E-state index in [-0.39, 0.29) is 16.5 Å². The van der Waals surface area contributed by atoms with Gasteiger partial charge in [0.05, 0.1) is 5.02 Å². The predicted molar refractivity (Wildman–Crippen MR) is 117 cm³/mol. The van der Waals surface area contributed by atoms with Crippen molar-refractivity contribution in [2.75, 3.05) is 25.0 Å². The van der Waals surface area contributed by atoms with Crippen molar-refractivity contribution in [3.05, 3.63) is 59.1 Å². The van der Waals surface area contributed by atoms with E-state index in [9.17, 15) is 13.2 Å². The number of carbonyl (C=O) groups excluding carboxylic acids is 1. The zero-order valence-corrected chi connectivity index (χ0v) is 18.2. The number of nitriles is 1. The number of halogens is 1. The van der Waals surface area contributed by atoms with Crippen LogP contribution in [-0.2, 0) is 14.8 Å². The fourth-order valence-electron chi connectivity index (χ4n) is 2.63. The van der Waals surface area contributed by atoms with E-state index in [0.29, 0.717) is 24.5 Å². The van der Waals surface area contributed by atoms with Gasteiger partial charge in [0.1, 0.15) is 16.7 Å². The maximum absolute atomic E-state index is 12.7. The quantitative estimate of drug-likeness (QED) is 0.587. The molecule has 1 amide bonds. The van der Waals surface area contributed by atoms with E-state index in [1.54, 1.807) is 44.2 Å². The number of nitrogens with one attached hydrogen (secondary N) is 1. The van der Waals surface area contributed by atoms with Gasteiger partial charge in [-0.15, -0.1) is 0 Å². The summed E-state index contributed by atoms with van der Waals surface area (Å²) in [5, 5.41) is 11.2. The third-order valence-corrected chi connectivity index (χ3v) is 6.66. The Morgan fingerprint density at radius 2 is 1.87 bits per heavy atom. The second-order valence-corrected chi connectivity index (χ2v) is 8.39. The monoisotopic (exact) mass is 447 g/mol. The maximum atomic E-state index is 12.7. The predicted octanol–water partition coefficient (Wildman–Crippen LogP) is 3.92. The summed E-state index contributed by atoms with van der Waals surface area (Å²) < 4.78 is 32.0. The highest BCUT2D eigenvalue weighted by molar-refractivity contribution is 7.89. The molecule has 0 radical (unpaired) electrons. The van der Waals surface area contributed by atoms with Crippen LogP contribution in [0.2, 0.25) is 5.02 Å². The van der Waals surface area contributed by atoms with Crippen LogP contribution < -0.4 is 10.1 Å². The van der Waals surface area contributed by atoms with Crippen LogP contribution in [0.25, 0.3) is 6.08 Å². The maximum Gasteiger partial charge on any atom is 0.248 e. The number of sulfonamides is 1. The molecule has 2 rings (SSSR count). The molecule has 0 unspecified atom stereocenters. The van der Waals surface area contributed by atoms with Crippen molar-refractivity contribution >= 4 is 39.3 Å². The number of hydrogen-bond acceptors (Lipinski definition) is 5. The van der Waals surface area contributed by atoms with Gasteiger partial charge in [0.25, 0.3) is 0 Å². The normalized spacial score (nSPS) is 11.4. The zero-order valence-electron chi connectivity index (χ0n) is 16.6. The summed E-state index contributed by atoms with van der Waals surface area (Å²) in [5.74, 6) is 0.134. The Labute approximate surface area is 181 Å². The molecule has 158 valence electrons. The lowest BCUT2D eigenvalue weighted by Gasteiger charge is -2.19. The molecule has 0 saturated heterocycles. The largest absolute Gasteiger partial charge is 0.479 e. The summed E-state index contributed by atoms with van der Waals surface area (Å²) in [6, 6.07) is 13.1. The van der Waals surface area contributed by atoms with Crippen LogP contribution in [0.1, 0.15) is 19.4 Å². The fourth-order valence-corrected chi connectivity index (χ4v) is 4.59. The van der Waals surface area contributed by atoms with Gasteiger partial charge in [0.2, 0.25) is 15.9 Å². The molecule has 0 saturated carbocycles. The topological polar surface area (TPSA) is 99.5 Å². The molecule has 0 spiro atoms. The summed E-state index contributed by atoms with van der Waals surface area (Å²) >= 11 is 6.10. The van der Waals surface area contributed by atoms with Gasteiger partial charge in [-0.2, -0.15) is 9.57 Å². The number of carbonyl (C=O) groups is 1. The molecule has 0 fully saturated rings. The highest BCUT2D eigenvalue weighted by Gasteiger charge is 2.24. The highest BCUT2D eigenvalue weighted by Crippen LogP contribution is 2.27. The van der Waals surface area contributed by atoms with E-state index in [4.69, 9.17) is 21.6 Å². The highest BCUT2D eigenvalue weighted by atomic mass is 35.5. The summed E-state index contributed by atoms with van der Waals surface area (Å²) in [5.41, 5.74) is 1.08. The first-order chi connectivity index (χ1) is 14.3. The molecule has 2 aromatic carbocycles. The van der Waals surface area contributed by atoms with Crippen molar-refractivity contribution in [3.8, 4) is 11.8 Å². The molecule has 0 aliphatic heterocycles. The van der Waals surface area contributed by atoms with Gasteiger partial charge in [-0.05, 0) is 42.0 Å². The average molecular weight is 448 g/mol. The Morgan fingerprint density at radius 3 is 2.47 bits per heavy atom. The molecule has 0 aromatic heterocycles. The average Bonchev–Trinajstić information content (AvgIpc) is 2.73. The molecule has 0 atom stereocenters. The number of rotatable bonds is 9. The first kappa shape index (κ1) is 23.4. The van der Waals surface area contributed by atoms with Gasteiger partial charge >= 0.3 is 0 Å². The van der Waals surface area contributed by atoms with E-state index < -0.39 is 15.9 Å². The molecule has 0 aliphatic carbocycles. The molecule has 7 nitrogen and oxygen atoms in total. The number of nitrogens with zero attached hydrogens (tertiary/aromatic N) is 2. The first-order valence-corrected chi connectivity index (χ1v) is 11.0. The molecular formula is C21H22ClN3O4S. The van der Waals surface area contributed by atoms with Crippen LogP contribution in [0.5, 0.6) is 5.75 Å². The van der Waals surface area contributed by atoms with Crippen LogP contribution in [0.3, 0.4) is 0 Å². The van der Waals surface area contributed by atoms with Gasteiger partial charge in [0, 0.05) is 24.9 Å². The SMILES string of the molecule is CCN(CC)S(=O)(=O)c1cc(NC(=O)/C=C/c2ccc(OCC#N)cc2)ccc1Cl. The zero-order chi connectivity index (χ0) is 22.1. The van der Waals surface area contributed by atoms with E-state index in [0.717, 1.165) is 5.56 Å². The number of hydrogen-bond donors (Lipinski definition) is 1. The van der Waals surface area contributed by atoms with E-state index in [1.165, 1.54) is 28.6 Å². The summed E-state index contributed by atoms with van der Waals surface area (Å²) in [4.78, 5) is 12.2. The summed E-state index contributed by atoms with van der Waals surface area (Å²) in [6.07, 6.45) is 2.94. The molecule has 2 aromatic rings. The Balaban J connectivity index is 2.12. The van der Waals surface area contributed by atoms with Crippen LogP contribution in [0.4, 0.5) is 5.69 Å². The van der Waals surface area contributed by atoms with Crippen LogP contribution in [0, 0.1) is 11.3 Å². The van der Waals surface area contributed by atoms with Gasteiger partial charge in [-0.3, -0.25) is 4.79 Å². The van der Waals surface area contributed by atoms with Crippen LogP contribution in [-0.4, -0.2) is 38.3 Å². The molecule has 1 N–H and O–H groups in total. The molecule has 0 aliphatic rings. The van der Waals surface area contributed by atoms with Gasteiger partial charge in [0.15, 0.2) is 6.61 Å². The van der Waals surface area contributed by atoms with E-state index in [1.807, 2.05) is 6.07 Å². The Bertz CT molecular complexity index is 1060. The molecule has 0 bridgehead atoms. The third kappa shape index (κ3) is 6.07. The number of benzene rings is 2. The number of anilines is 1. The third-order valence-electron chi connectivity index (χ3n) is 4.13. The van der Waals surface area contributed by atoms with Crippen molar-refractivity contribution in [1.82, 2.24) is 4.31 Å². The smallest absolute Gasteiger partial charge is 0.248 e. The summed E-state index contributed by atoms with van der Waals surface area (Å²) in [7, 11) is -3.76. The molecule has 30 heavy (non-hydrogen) atoms. The van der Waals surface area contributed by atoms with Crippen molar-refractivity contribution in [1.29, 1.82) is 5.26 Å². The fraction of sp³-hybridized carbons (Fsp3) is 0.238. The van der Waals surface area contributed by atoms with Gasteiger partial charge < -0.3 is 10.1 Å². The lowest BCUT2D eigenvalue weighted by Crippen LogP contribution is -2.30. The van der Waals surface area contributed by atoms with Crippen LogP contribution in [0.15, 0.2) is 53.4 Å². The molecule has 9 heteroatoms. The van der Waals surface area contributed by atoms with Crippen molar-refractivity contribution in [2.24, 2.45) is 0 Å². The Hall–Kier alpha value is -2.86. The Kier molecular flexibility index (Phi) is 8.42. The van der Waals surface area contributed by atoms with Crippen molar-refractivity contribution in [2.45, 2.75) is 18.7 Å². The lowest BCUT2D eigenvalue weighted by molar-refractivity contribution is -0.111. The number of amides is 1. The van der Waals surface area contributed by atoms with Crippen molar-refractivity contribution in [3.63, 3.8) is 0 Å². The minimum absolute atomic E-state index is 0.0370. The second kappa shape index (κ2) is 10.8. The molecule has 0 heterocycles. The first-order valence-electron chi connectivity index (χ1n) is 9.20. The van der Waals surface area contributed by atoms with Crippen LogP contribution >= 0.6 is 11.6 Å².